The van der Waals surface area contributed by atoms with E-state index in [1.54, 1.807) is 0 Å². The molecule has 2 nitrogen and oxygen atoms in total. The lowest BCUT2D eigenvalue weighted by atomic mass is 10.0. The van der Waals surface area contributed by atoms with Gasteiger partial charge in [0.2, 0.25) is 0 Å². The van der Waals surface area contributed by atoms with Gasteiger partial charge in [-0.25, -0.2) is 4.79 Å². The average Bonchev–Trinajstić information content (AvgIpc) is 3.02. The van der Waals surface area contributed by atoms with Crippen molar-refractivity contribution in [3.63, 3.8) is 0 Å². The van der Waals surface area contributed by atoms with E-state index in [1.807, 2.05) is 37.3 Å². The zero-order chi connectivity index (χ0) is 16.2. The molecule has 0 aliphatic heterocycles. The second kappa shape index (κ2) is 6.80. The van der Waals surface area contributed by atoms with Crippen LogP contribution in [0.15, 0.2) is 60.7 Å². The molecule has 0 saturated carbocycles. The lowest BCUT2D eigenvalue weighted by Gasteiger charge is -2.03. The van der Waals surface area contributed by atoms with Gasteiger partial charge in [0, 0.05) is 10.4 Å². The molecule has 116 valence electrons. The fraction of sp³-hybridized carbons (Fsp3) is 0.150. The van der Waals surface area contributed by atoms with Crippen LogP contribution in [0.5, 0.6) is 0 Å². The molecule has 0 N–H and O–H groups in total. The first-order valence-corrected chi connectivity index (χ1v) is 8.44. The topological polar surface area (TPSA) is 26.3 Å². The van der Waals surface area contributed by atoms with Gasteiger partial charge in [0.1, 0.15) is 4.88 Å². The summed E-state index contributed by atoms with van der Waals surface area (Å²) in [7, 11) is 0. The number of aryl methyl sites for hydroxylation is 1. The van der Waals surface area contributed by atoms with Crippen LogP contribution in [0.1, 0.15) is 22.2 Å². The predicted octanol–water partition coefficient (Wildman–Crippen LogP) is 5.57. The van der Waals surface area contributed by atoms with Gasteiger partial charge in [0.15, 0.2) is 0 Å². The molecule has 3 aromatic rings. The van der Waals surface area contributed by atoms with Crippen LogP contribution in [0.25, 0.3) is 21.6 Å². The van der Waals surface area contributed by atoms with Crippen LogP contribution in [-0.4, -0.2) is 12.6 Å². The van der Waals surface area contributed by atoms with Gasteiger partial charge in [0.05, 0.1) is 6.61 Å². The van der Waals surface area contributed by atoms with Crippen LogP contribution < -0.4 is 0 Å². The van der Waals surface area contributed by atoms with Crippen molar-refractivity contribution in [3.8, 4) is 21.6 Å². The smallest absolute Gasteiger partial charge is 0.348 e. The van der Waals surface area contributed by atoms with Crippen LogP contribution in [-0.2, 0) is 4.74 Å². The highest BCUT2D eigenvalue weighted by Gasteiger charge is 2.19. The van der Waals surface area contributed by atoms with Crippen LogP contribution in [0.4, 0.5) is 0 Å². The molecule has 1 aromatic heterocycles. The number of benzene rings is 2. The lowest BCUT2D eigenvalue weighted by molar-refractivity contribution is 0.0533. The van der Waals surface area contributed by atoms with Gasteiger partial charge in [-0.05, 0) is 31.0 Å². The number of hydrogen-bond acceptors (Lipinski definition) is 3. The third-order valence-electron chi connectivity index (χ3n) is 3.61. The highest BCUT2D eigenvalue weighted by Crippen LogP contribution is 2.37. The molecule has 0 radical (unpaired) electrons. The Kier molecular flexibility index (Phi) is 4.58. The SMILES string of the molecule is CCOC(=O)c1sc(-c2ccc(C)cc2)cc1-c1ccccc1. The van der Waals surface area contributed by atoms with Crippen molar-refractivity contribution in [2.24, 2.45) is 0 Å². The molecule has 0 aliphatic rings. The van der Waals surface area contributed by atoms with Crippen LogP contribution in [0.3, 0.4) is 0 Å². The lowest BCUT2D eigenvalue weighted by Crippen LogP contribution is -2.03. The second-order valence-corrected chi connectivity index (χ2v) is 6.36. The molecular weight excluding hydrogens is 304 g/mol. The molecule has 0 unspecified atom stereocenters. The van der Waals surface area contributed by atoms with E-state index in [-0.39, 0.29) is 5.97 Å². The average molecular weight is 322 g/mol. The highest BCUT2D eigenvalue weighted by atomic mass is 32.1. The zero-order valence-corrected chi connectivity index (χ0v) is 14.0. The van der Waals surface area contributed by atoms with Gasteiger partial charge in [0.25, 0.3) is 0 Å². The molecule has 0 amide bonds. The molecule has 0 bridgehead atoms. The molecule has 3 rings (SSSR count). The van der Waals surface area contributed by atoms with E-state index in [9.17, 15) is 4.79 Å². The van der Waals surface area contributed by atoms with Crippen LogP contribution in [0.2, 0.25) is 0 Å². The van der Waals surface area contributed by atoms with Crippen molar-refractivity contribution in [2.45, 2.75) is 13.8 Å². The van der Waals surface area contributed by atoms with Crippen LogP contribution in [0, 0.1) is 6.92 Å². The number of carbonyl (C=O) groups excluding carboxylic acids is 1. The van der Waals surface area contributed by atoms with E-state index in [2.05, 4.69) is 37.3 Å². The minimum absolute atomic E-state index is 0.255. The van der Waals surface area contributed by atoms with E-state index >= 15 is 0 Å². The van der Waals surface area contributed by atoms with E-state index < -0.39 is 0 Å². The quantitative estimate of drug-likeness (QED) is 0.587. The van der Waals surface area contributed by atoms with Gasteiger partial charge in [-0.15, -0.1) is 11.3 Å². The Bertz CT molecular complexity index is 801. The van der Waals surface area contributed by atoms with Gasteiger partial charge < -0.3 is 4.74 Å². The fourth-order valence-corrected chi connectivity index (χ4v) is 3.51. The standard InChI is InChI=1S/C20H18O2S/c1-3-22-20(21)19-17(15-7-5-4-6-8-15)13-18(23-19)16-11-9-14(2)10-12-16/h4-13H,3H2,1-2H3. The molecule has 0 atom stereocenters. The van der Waals surface area contributed by atoms with Crippen molar-refractivity contribution >= 4 is 17.3 Å². The van der Waals surface area contributed by atoms with Crippen molar-refractivity contribution in [1.82, 2.24) is 0 Å². The summed E-state index contributed by atoms with van der Waals surface area (Å²) in [6.07, 6.45) is 0. The second-order valence-electron chi connectivity index (χ2n) is 5.31. The maximum Gasteiger partial charge on any atom is 0.348 e. The summed E-state index contributed by atoms with van der Waals surface area (Å²) < 4.78 is 5.23. The van der Waals surface area contributed by atoms with Gasteiger partial charge >= 0.3 is 5.97 Å². The fourth-order valence-electron chi connectivity index (χ4n) is 2.43. The van der Waals surface area contributed by atoms with Crippen LogP contribution >= 0.6 is 11.3 Å². The summed E-state index contributed by atoms with van der Waals surface area (Å²) in [4.78, 5) is 14.1. The summed E-state index contributed by atoms with van der Waals surface area (Å²) in [5.74, 6) is -0.255. The number of carbonyl (C=O) groups is 1. The third-order valence-corrected chi connectivity index (χ3v) is 4.78. The number of rotatable bonds is 4. The zero-order valence-electron chi connectivity index (χ0n) is 13.2. The maximum absolute atomic E-state index is 12.3. The summed E-state index contributed by atoms with van der Waals surface area (Å²) in [6, 6.07) is 20.4. The molecule has 1 heterocycles. The first-order chi connectivity index (χ1) is 11.2. The largest absolute Gasteiger partial charge is 0.462 e. The van der Waals surface area contributed by atoms with E-state index in [1.165, 1.54) is 16.9 Å². The Morgan fingerprint density at radius 3 is 2.35 bits per heavy atom. The van der Waals surface area contributed by atoms with Crippen molar-refractivity contribution in [1.29, 1.82) is 0 Å². The van der Waals surface area contributed by atoms with Crippen molar-refractivity contribution in [2.75, 3.05) is 6.61 Å². The number of hydrogen-bond donors (Lipinski definition) is 0. The molecule has 0 spiro atoms. The number of esters is 1. The Morgan fingerprint density at radius 1 is 1.00 bits per heavy atom. The summed E-state index contributed by atoms with van der Waals surface area (Å²) in [5.41, 5.74) is 4.31. The molecule has 2 aromatic carbocycles. The molecular formula is C20H18O2S. The first-order valence-electron chi connectivity index (χ1n) is 7.62. The minimum atomic E-state index is -0.255. The number of ether oxygens (including phenoxy) is 1. The van der Waals surface area contributed by atoms with Crippen molar-refractivity contribution in [3.05, 3.63) is 71.1 Å². The molecule has 0 saturated heterocycles. The Labute approximate surface area is 140 Å². The summed E-state index contributed by atoms with van der Waals surface area (Å²) in [5, 5.41) is 0. The highest BCUT2D eigenvalue weighted by molar-refractivity contribution is 7.17. The monoisotopic (exact) mass is 322 g/mol. The van der Waals surface area contributed by atoms with E-state index in [4.69, 9.17) is 4.74 Å². The molecule has 23 heavy (non-hydrogen) atoms. The molecule has 0 aliphatic carbocycles. The number of thiophene rings is 1. The van der Waals surface area contributed by atoms with Gasteiger partial charge in [-0.1, -0.05) is 60.2 Å². The van der Waals surface area contributed by atoms with E-state index in [0.717, 1.165) is 21.6 Å². The Morgan fingerprint density at radius 2 is 1.70 bits per heavy atom. The third kappa shape index (κ3) is 3.35. The first kappa shape index (κ1) is 15.5. The molecule has 0 fully saturated rings. The van der Waals surface area contributed by atoms with E-state index in [0.29, 0.717) is 11.5 Å². The maximum atomic E-state index is 12.3. The Balaban J connectivity index is 2.10. The predicted molar refractivity (Wildman–Crippen MR) is 95.9 cm³/mol. The minimum Gasteiger partial charge on any atom is -0.462 e. The summed E-state index contributed by atoms with van der Waals surface area (Å²) in [6.45, 7) is 4.27. The Hall–Kier alpha value is -2.39. The van der Waals surface area contributed by atoms with Gasteiger partial charge in [-0.2, -0.15) is 0 Å². The summed E-state index contributed by atoms with van der Waals surface area (Å²) >= 11 is 1.49. The van der Waals surface area contributed by atoms with Gasteiger partial charge in [-0.3, -0.25) is 0 Å². The normalized spacial score (nSPS) is 10.5. The molecule has 3 heteroatoms. The van der Waals surface area contributed by atoms with Crippen molar-refractivity contribution < 1.29 is 9.53 Å².